The second-order valence-electron chi connectivity index (χ2n) is 4.70. The van der Waals surface area contributed by atoms with Crippen LogP contribution in [-0.4, -0.2) is 22.0 Å². The maximum atomic E-state index is 10.4. The highest BCUT2D eigenvalue weighted by Crippen LogP contribution is 2.30. The molecule has 1 atom stereocenters. The molecule has 1 unspecified atom stereocenters. The van der Waals surface area contributed by atoms with Crippen LogP contribution in [0.4, 0.5) is 0 Å². The number of methoxy groups -OCH3 is 1. The van der Waals surface area contributed by atoms with Gasteiger partial charge in [0.1, 0.15) is 5.75 Å². The zero-order valence-corrected chi connectivity index (χ0v) is 12.2. The predicted molar refractivity (Wildman–Crippen MR) is 80.2 cm³/mol. The summed E-state index contributed by atoms with van der Waals surface area (Å²) < 4.78 is 7.00. The summed E-state index contributed by atoms with van der Waals surface area (Å²) in [5.74, 6) is 0.787. The highest BCUT2D eigenvalue weighted by atomic mass is 32.1. The molecule has 0 fully saturated rings. The van der Waals surface area contributed by atoms with E-state index in [1.165, 1.54) is 11.3 Å². The fraction of sp³-hybridized carbons (Fsp3) is 0.267. The largest absolute Gasteiger partial charge is 0.496 e. The lowest BCUT2D eigenvalue weighted by atomic mass is 10.1. The van der Waals surface area contributed by atoms with Gasteiger partial charge in [-0.3, -0.25) is 4.68 Å². The van der Waals surface area contributed by atoms with Crippen molar-refractivity contribution in [2.45, 2.75) is 12.5 Å². The molecule has 3 rings (SSSR count). The molecule has 104 valence electrons. The average Bonchev–Trinajstić information content (AvgIpc) is 3.05. The summed E-state index contributed by atoms with van der Waals surface area (Å²) in [7, 11) is 3.55. The van der Waals surface area contributed by atoms with Gasteiger partial charge < -0.3 is 9.84 Å². The normalized spacial score (nSPS) is 12.8. The van der Waals surface area contributed by atoms with Crippen LogP contribution in [0.25, 0.3) is 10.9 Å². The van der Waals surface area contributed by atoms with Gasteiger partial charge in [0.2, 0.25) is 0 Å². The minimum absolute atomic E-state index is 0.505. The number of thiophene rings is 1. The molecule has 0 amide bonds. The van der Waals surface area contributed by atoms with Crippen LogP contribution in [-0.2, 0) is 13.5 Å². The van der Waals surface area contributed by atoms with Crippen LogP contribution in [0.5, 0.6) is 5.75 Å². The number of benzene rings is 1. The Labute approximate surface area is 121 Å². The molecule has 0 saturated carbocycles. The molecule has 1 N–H and O–H groups in total. The Bertz CT molecular complexity index is 732. The van der Waals surface area contributed by atoms with Gasteiger partial charge in [0.25, 0.3) is 0 Å². The molecule has 2 heterocycles. The number of ether oxygens (including phenoxy) is 1. The minimum atomic E-state index is -0.554. The number of para-hydroxylation sites is 1. The Morgan fingerprint density at radius 3 is 2.95 bits per heavy atom. The van der Waals surface area contributed by atoms with E-state index in [4.69, 9.17) is 4.74 Å². The number of fused-ring (bicyclic) bond motifs is 1. The van der Waals surface area contributed by atoms with Crippen molar-refractivity contribution in [2.24, 2.45) is 7.05 Å². The maximum Gasteiger partial charge on any atom is 0.129 e. The van der Waals surface area contributed by atoms with Crippen molar-refractivity contribution in [2.75, 3.05) is 7.11 Å². The molecule has 0 aliphatic carbocycles. The van der Waals surface area contributed by atoms with Gasteiger partial charge in [0, 0.05) is 29.1 Å². The topological polar surface area (TPSA) is 47.3 Å². The van der Waals surface area contributed by atoms with Gasteiger partial charge >= 0.3 is 0 Å². The number of rotatable bonds is 4. The molecule has 1 aromatic carbocycles. The van der Waals surface area contributed by atoms with Gasteiger partial charge in [-0.05, 0) is 12.1 Å². The Morgan fingerprint density at radius 2 is 2.20 bits per heavy atom. The van der Waals surface area contributed by atoms with Crippen molar-refractivity contribution in [3.05, 3.63) is 46.3 Å². The van der Waals surface area contributed by atoms with Crippen LogP contribution in [0, 0.1) is 0 Å². The average molecular weight is 288 g/mol. The van der Waals surface area contributed by atoms with Crippen molar-refractivity contribution in [3.8, 4) is 5.75 Å². The Hall–Kier alpha value is -1.85. The number of hydrogen-bond donors (Lipinski definition) is 1. The van der Waals surface area contributed by atoms with Crippen molar-refractivity contribution in [1.29, 1.82) is 0 Å². The van der Waals surface area contributed by atoms with Crippen molar-refractivity contribution < 1.29 is 9.84 Å². The summed E-state index contributed by atoms with van der Waals surface area (Å²) in [5, 5.41) is 17.9. The number of aromatic nitrogens is 2. The zero-order chi connectivity index (χ0) is 14.1. The van der Waals surface area contributed by atoms with Gasteiger partial charge in [-0.15, -0.1) is 11.3 Å². The number of hydrogen-bond acceptors (Lipinski definition) is 4. The molecule has 0 spiro atoms. The van der Waals surface area contributed by atoms with Gasteiger partial charge in [-0.2, -0.15) is 5.10 Å². The second kappa shape index (κ2) is 5.26. The van der Waals surface area contributed by atoms with Crippen LogP contribution in [0.15, 0.2) is 35.7 Å². The number of nitrogens with zero attached hydrogens (tertiary/aromatic N) is 2. The Kier molecular flexibility index (Phi) is 3.46. The minimum Gasteiger partial charge on any atom is -0.496 e. The highest BCUT2D eigenvalue weighted by molar-refractivity contribution is 7.10. The lowest BCUT2D eigenvalue weighted by Gasteiger charge is -2.06. The van der Waals surface area contributed by atoms with E-state index in [9.17, 15) is 5.11 Å². The first kappa shape index (κ1) is 13.1. The van der Waals surface area contributed by atoms with E-state index in [-0.39, 0.29) is 0 Å². The van der Waals surface area contributed by atoms with Crippen LogP contribution in [0.2, 0.25) is 0 Å². The predicted octanol–water partition coefficient (Wildman–Crippen LogP) is 2.92. The van der Waals surface area contributed by atoms with E-state index in [0.717, 1.165) is 27.2 Å². The van der Waals surface area contributed by atoms with Crippen molar-refractivity contribution in [3.63, 3.8) is 0 Å². The number of aryl methyl sites for hydroxylation is 1. The smallest absolute Gasteiger partial charge is 0.129 e. The van der Waals surface area contributed by atoms with E-state index in [2.05, 4.69) is 5.10 Å². The quantitative estimate of drug-likeness (QED) is 0.803. The van der Waals surface area contributed by atoms with Crippen molar-refractivity contribution in [1.82, 2.24) is 9.78 Å². The van der Waals surface area contributed by atoms with Crippen LogP contribution >= 0.6 is 11.3 Å². The molecule has 2 aromatic heterocycles. The first-order chi connectivity index (χ1) is 9.69. The third-order valence-corrected chi connectivity index (χ3v) is 4.39. The third kappa shape index (κ3) is 2.30. The zero-order valence-electron chi connectivity index (χ0n) is 11.4. The Morgan fingerprint density at radius 1 is 1.40 bits per heavy atom. The maximum absolute atomic E-state index is 10.4. The molecule has 0 saturated heterocycles. The van der Waals surface area contributed by atoms with E-state index < -0.39 is 6.10 Å². The molecule has 5 heteroatoms. The standard InChI is InChI=1S/C15H16N2O2S/c1-17-13-6-4-3-5-11(13)12(16-17)8-14(18)15-7-10(19-2)9-20-15/h3-7,9,14,18H,8H2,1-2H3. The molecular weight excluding hydrogens is 272 g/mol. The molecule has 0 aliphatic rings. The van der Waals surface area contributed by atoms with Gasteiger partial charge in [-0.25, -0.2) is 0 Å². The molecule has 3 aromatic rings. The van der Waals surface area contributed by atoms with Gasteiger partial charge in [-0.1, -0.05) is 18.2 Å². The first-order valence-corrected chi connectivity index (χ1v) is 7.28. The van der Waals surface area contributed by atoms with Crippen molar-refractivity contribution >= 4 is 22.2 Å². The summed E-state index contributed by atoms with van der Waals surface area (Å²) >= 11 is 1.50. The molecule has 0 radical (unpaired) electrons. The lowest BCUT2D eigenvalue weighted by molar-refractivity contribution is 0.181. The van der Waals surface area contributed by atoms with E-state index >= 15 is 0 Å². The molecular formula is C15H16N2O2S. The van der Waals surface area contributed by atoms with E-state index in [1.807, 2.05) is 47.4 Å². The molecule has 4 nitrogen and oxygen atoms in total. The van der Waals surface area contributed by atoms with E-state index in [0.29, 0.717) is 6.42 Å². The summed E-state index contributed by atoms with van der Waals surface area (Å²) in [6, 6.07) is 9.94. The van der Waals surface area contributed by atoms with Crippen LogP contribution in [0.3, 0.4) is 0 Å². The molecule has 0 aliphatic heterocycles. The molecule has 20 heavy (non-hydrogen) atoms. The lowest BCUT2D eigenvalue weighted by Crippen LogP contribution is -2.01. The SMILES string of the molecule is COc1csc(C(O)Cc2nn(C)c3ccccc23)c1. The third-order valence-electron chi connectivity index (χ3n) is 3.38. The van der Waals surface area contributed by atoms with E-state index in [1.54, 1.807) is 7.11 Å². The highest BCUT2D eigenvalue weighted by Gasteiger charge is 2.16. The van der Waals surface area contributed by atoms with Gasteiger partial charge in [0.05, 0.1) is 24.4 Å². The summed E-state index contributed by atoms with van der Waals surface area (Å²) in [4.78, 5) is 0.900. The Balaban J connectivity index is 1.89. The summed E-state index contributed by atoms with van der Waals surface area (Å²) in [5.41, 5.74) is 2.00. The first-order valence-electron chi connectivity index (χ1n) is 6.40. The van der Waals surface area contributed by atoms with Crippen LogP contribution in [0.1, 0.15) is 16.7 Å². The summed E-state index contributed by atoms with van der Waals surface area (Å²) in [6.45, 7) is 0. The fourth-order valence-corrected chi connectivity index (χ4v) is 3.18. The number of aliphatic hydroxyl groups excluding tert-OH is 1. The summed E-state index contributed by atoms with van der Waals surface area (Å²) in [6.07, 6.45) is -0.0485. The fourth-order valence-electron chi connectivity index (χ4n) is 2.34. The second-order valence-corrected chi connectivity index (χ2v) is 5.64. The van der Waals surface area contributed by atoms with Gasteiger partial charge in [0.15, 0.2) is 0 Å². The molecule has 0 bridgehead atoms. The monoisotopic (exact) mass is 288 g/mol. The number of aliphatic hydroxyl groups is 1. The van der Waals surface area contributed by atoms with Crippen LogP contribution < -0.4 is 4.74 Å².